The Hall–Kier alpha value is -1.56. The molecule has 0 spiro atoms. The molecule has 0 radical (unpaired) electrons. The summed E-state index contributed by atoms with van der Waals surface area (Å²) in [5.41, 5.74) is 6.49. The van der Waals surface area contributed by atoms with Crippen LogP contribution < -0.4 is 5.73 Å². The van der Waals surface area contributed by atoms with Gasteiger partial charge in [-0.15, -0.1) is 0 Å². The highest BCUT2D eigenvalue weighted by Crippen LogP contribution is 2.36. The Balaban J connectivity index is 2.30. The van der Waals surface area contributed by atoms with Gasteiger partial charge >= 0.3 is 5.97 Å². The van der Waals surface area contributed by atoms with E-state index in [9.17, 15) is 4.79 Å². The van der Waals surface area contributed by atoms with Crippen molar-refractivity contribution in [2.45, 2.75) is 51.6 Å². The number of imidazole rings is 1. The van der Waals surface area contributed by atoms with Crippen LogP contribution in [0.25, 0.3) is 0 Å². The lowest BCUT2D eigenvalue weighted by Gasteiger charge is -2.37. The van der Waals surface area contributed by atoms with Crippen molar-refractivity contribution < 1.29 is 9.53 Å². The Morgan fingerprint density at radius 2 is 2.05 bits per heavy atom. The Labute approximate surface area is 126 Å². The molecule has 0 amide bonds. The van der Waals surface area contributed by atoms with Crippen LogP contribution in [0.2, 0.25) is 0 Å². The summed E-state index contributed by atoms with van der Waals surface area (Å²) in [5.74, 6) is 0.741. The lowest BCUT2D eigenvalue weighted by molar-refractivity contribution is 0.0521. The quantitative estimate of drug-likeness (QED) is 0.839. The number of nitrogens with two attached hydrogens (primary N) is 1. The summed E-state index contributed by atoms with van der Waals surface area (Å²) in [6.07, 6.45) is 4.75. The maximum Gasteiger partial charge on any atom is 0.360 e. The van der Waals surface area contributed by atoms with Gasteiger partial charge in [-0.05, 0) is 40.8 Å². The number of esters is 1. The van der Waals surface area contributed by atoms with Crippen LogP contribution in [0.3, 0.4) is 0 Å². The average molecular weight is 294 g/mol. The van der Waals surface area contributed by atoms with Crippen molar-refractivity contribution in [3.05, 3.63) is 11.5 Å². The number of nitrogen functional groups attached to an aromatic ring is 1. The fraction of sp³-hybridized carbons (Fsp3) is 0.733. The van der Waals surface area contributed by atoms with Gasteiger partial charge in [-0.2, -0.15) is 0 Å². The van der Waals surface area contributed by atoms with Crippen molar-refractivity contribution in [3.8, 4) is 0 Å². The third-order valence-corrected chi connectivity index (χ3v) is 4.60. The number of anilines is 1. The standard InChI is InChI=1S/C15H26N4O2/c1-5-21-14(20)12-13(16)19(11(2)17-12)10-15(18(3)4)8-6-7-9-15/h5-10,16H2,1-4H3. The van der Waals surface area contributed by atoms with Crippen LogP contribution in [0.5, 0.6) is 0 Å². The van der Waals surface area contributed by atoms with E-state index in [-0.39, 0.29) is 11.2 Å². The van der Waals surface area contributed by atoms with Crippen LogP contribution in [-0.2, 0) is 11.3 Å². The predicted octanol–water partition coefficient (Wildman–Crippen LogP) is 1.82. The summed E-state index contributed by atoms with van der Waals surface area (Å²) in [6.45, 7) is 4.75. The molecule has 0 atom stereocenters. The van der Waals surface area contributed by atoms with Gasteiger partial charge in [0.2, 0.25) is 0 Å². The van der Waals surface area contributed by atoms with Crippen molar-refractivity contribution in [3.63, 3.8) is 0 Å². The van der Waals surface area contributed by atoms with Crippen LogP contribution >= 0.6 is 0 Å². The minimum atomic E-state index is -0.442. The maximum absolute atomic E-state index is 11.9. The molecule has 1 aliphatic rings. The highest BCUT2D eigenvalue weighted by atomic mass is 16.5. The number of hydrogen-bond acceptors (Lipinski definition) is 5. The van der Waals surface area contributed by atoms with E-state index in [2.05, 4.69) is 24.0 Å². The second kappa shape index (κ2) is 6.05. The van der Waals surface area contributed by atoms with E-state index in [0.717, 1.165) is 25.2 Å². The molecule has 0 aromatic carbocycles. The van der Waals surface area contributed by atoms with Crippen molar-refractivity contribution in [2.75, 3.05) is 26.4 Å². The third-order valence-electron chi connectivity index (χ3n) is 4.60. The molecule has 1 fully saturated rings. The van der Waals surface area contributed by atoms with Crippen LogP contribution in [0.4, 0.5) is 5.82 Å². The molecule has 118 valence electrons. The van der Waals surface area contributed by atoms with E-state index in [0.29, 0.717) is 12.4 Å². The second-order valence-corrected chi connectivity index (χ2v) is 6.03. The Kier molecular flexibility index (Phi) is 4.56. The molecule has 1 aromatic rings. The van der Waals surface area contributed by atoms with Gasteiger partial charge in [0, 0.05) is 12.1 Å². The number of hydrogen-bond donors (Lipinski definition) is 1. The Morgan fingerprint density at radius 1 is 1.43 bits per heavy atom. The fourth-order valence-electron chi connectivity index (χ4n) is 3.21. The van der Waals surface area contributed by atoms with Crippen molar-refractivity contribution in [1.82, 2.24) is 14.5 Å². The lowest BCUT2D eigenvalue weighted by Crippen LogP contribution is -2.45. The Bertz CT molecular complexity index is 516. The minimum Gasteiger partial charge on any atom is -0.461 e. The molecule has 6 heteroatoms. The minimum absolute atomic E-state index is 0.103. The zero-order valence-electron chi connectivity index (χ0n) is 13.5. The van der Waals surface area contributed by atoms with E-state index >= 15 is 0 Å². The molecular formula is C15H26N4O2. The normalized spacial score (nSPS) is 17.4. The number of aromatic nitrogens is 2. The predicted molar refractivity (Wildman–Crippen MR) is 82.2 cm³/mol. The van der Waals surface area contributed by atoms with Crippen LogP contribution in [0, 0.1) is 6.92 Å². The molecule has 2 rings (SSSR count). The van der Waals surface area contributed by atoms with Crippen molar-refractivity contribution >= 4 is 11.8 Å². The summed E-state index contributed by atoms with van der Waals surface area (Å²) in [5, 5.41) is 0. The zero-order valence-corrected chi connectivity index (χ0v) is 13.5. The fourth-order valence-corrected chi connectivity index (χ4v) is 3.21. The van der Waals surface area contributed by atoms with Gasteiger partial charge in [-0.1, -0.05) is 12.8 Å². The number of carbonyl (C=O) groups excluding carboxylic acids is 1. The first-order chi connectivity index (χ1) is 9.91. The van der Waals surface area contributed by atoms with E-state index in [1.165, 1.54) is 12.8 Å². The first kappa shape index (κ1) is 15.8. The SMILES string of the molecule is CCOC(=O)c1nc(C)n(CC2(N(C)C)CCCC2)c1N. The highest BCUT2D eigenvalue weighted by molar-refractivity contribution is 5.92. The summed E-state index contributed by atoms with van der Waals surface area (Å²) >= 11 is 0. The summed E-state index contributed by atoms with van der Waals surface area (Å²) in [6, 6.07) is 0. The highest BCUT2D eigenvalue weighted by Gasteiger charge is 2.37. The van der Waals surface area contributed by atoms with Gasteiger partial charge in [-0.3, -0.25) is 0 Å². The van der Waals surface area contributed by atoms with Gasteiger partial charge < -0.3 is 19.9 Å². The smallest absolute Gasteiger partial charge is 0.360 e. The monoisotopic (exact) mass is 294 g/mol. The number of carbonyl (C=O) groups is 1. The maximum atomic E-state index is 11.9. The molecule has 21 heavy (non-hydrogen) atoms. The average Bonchev–Trinajstić information content (AvgIpc) is 3.00. The second-order valence-electron chi connectivity index (χ2n) is 6.03. The first-order valence-corrected chi connectivity index (χ1v) is 7.58. The number of nitrogens with zero attached hydrogens (tertiary/aromatic N) is 3. The summed E-state index contributed by atoms with van der Waals surface area (Å²) in [4.78, 5) is 18.5. The van der Waals surface area contributed by atoms with Gasteiger partial charge in [0.25, 0.3) is 0 Å². The summed E-state index contributed by atoms with van der Waals surface area (Å²) in [7, 11) is 4.22. The van der Waals surface area contributed by atoms with E-state index in [1.54, 1.807) is 6.92 Å². The summed E-state index contributed by atoms with van der Waals surface area (Å²) < 4.78 is 6.97. The first-order valence-electron chi connectivity index (χ1n) is 7.58. The molecule has 0 unspecified atom stereocenters. The molecule has 0 saturated heterocycles. The molecule has 0 aliphatic heterocycles. The van der Waals surface area contributed by atoms with Crippen molar-refractivity contribution in [2.24, 2.45) is 0 Å². The van der Waals surface area contributed by atoms with Crippen LogP contribution in [-0.4, -0.2) is 46.7 Å². The third kappa shape index (κ3) is 2.90. The molecule has 0 bridgehead atoms. The molecule has 6 nitrogen and oxygen atoms in total. The van der Waals surface area contributed by atoms with Gasteiger partial charge in [0.1, 0.15) is 11.6 Å². The largest absolute Gasteiger partial charge is 0.461 e. The molecule has 1 saturated carbocycles. The molecule has 1 aromatic heterocycles. The van der Waals surface area contributed by atoms with E-state index in [1.807, 2.05) is 11.5 Å². The van der Waals surface area contributed by atoms with Gasteiger partial charge in [0.05, 0.1) is 6.61 Å². The topological polar surface area (TPSA) is 73.4 Å². The van der Waals surface area contributed by atoms with Gasteiger partial charge in [0.15, 0.2) is 5.69 Å². The molecular weight excluding hydrogens is 268 g/mol. The number of likely N-dealkylation sites (N-methyl/N-ethyl adjacent to an activating group) is 1. The zero-order chi connectivity index (χ0) is 15.6. The van der Waals surface area contributed by atoms with Crippen molar-refractivity contribution in [1.29, 1.82) is 0 Å². The molecule has 1 heterocycles. The molecule has 1 aliphatic carbocycles. The van der Waals surface area contributed by atoms with Gasteiger partial charge in [-0.25, -0.2) is 9.78 Å². The number of ether oxygens (including phenoxy) is 1. The van der Waals surface area contributed by atoms with Crippen LogP contribution in [0.15, 0.2) is 0 Å². The Morgan fingerprint density at radius 3 is 2.57 bits per heavy atom. The lowest BCUT2D eigenvalue weighted by atomic mass is 9.96. The molecule has 2 N–H and O–H groups in total. The van der Waals surface area contributed by atoms with E-state index < -0.39 is 5.97 Å². The van der Waals surface area contributed by atoms with E-state index in [4.69, 9.17) is 10.5 Å². The van der Waals surface area contributed by atoms with Crippen LogP contribution in [0.1, 0.15) is 48.9 Å². The number of aryl methyl sites for hydroxylation is 1. The number of rotatable bonds is 5.